The molecule has 26 heavy (non-hydrogen) atoms. The summed E-state index contributed by atoms with van der Waals surface area (Å²) in [6.45, 7) is 2.34. The Hall–Kier alpha value is -2.47. The Bertz CT molecular complexity index is 840. The number of rotatable bonds is 5. The maximum Gasteiger partial charge on any atom is 0.257 e. The van der Waals surface area contributed by atoms with Crippen molar-refractivity contribution in [2.24, 2.45) is 5.92 Å². The molecule has 1 saturated carbocycles. The number of aryl methyl sites for hydroxylation is 1. The molecule has 0 spiro atoms. The van der Waals surface area contributed by atoms with E-state index in [2.05, 4.69) is 0 Å². The fourth-order valence-corrected chi connectivity index (χ4v) is 4.00. The van der Waals surface area contributed by atoms with Gasteiger partial charge in [0.2, 0.25) is 11.8 Å². The number of nitrogens with zero attached hydrogens (tertiary/aromatic N) is 2. The van der Waals surface area contributed by atoms with Gasteiger partial charge >= 0.3 is 0 Å². The van der Waals surface area contributed by atoms with E-state index in [9.17, 15) is 14.4 Å². The van der Waals surface area contributed by atoms with Gasteiger partial charge in [-0.15, -0.1) is 11.3 Å². The van der Waals surface area contributed by atoms with Crippen LogP contribution < -0.4 is 4.90 Å². The van der Waals surface area contributed by atoms with E-state index in [4.69, 9.17) is 0 Å². The first kappa shape index (κ1) is 17.0. The highest BCUT2D eigenvalue weighted by molar-refractivity contribution is 7.09. The van der Waals surface area contributed by atoms with E-state index in [-0.39, 0.29) is 30.1 Å². The molecular weight excluding hydrogens is 348 g/mol. The molecule has 2 aliphatic rings. The lowest BCUT2D eigenvalue weighted by Crippen LogP contribution is -2.45. The number of benzene rings is 1. The normalized spacial score (nSPS) is 19.9. The van der Waals surface area contributed by atoms with Gasteiger partial charge in [-0.3, -0.25) is 14.4 Å². The molecule has 5 nitrogen and oxygen atoms in total. The Morgan fingerprint density at radius 3 is 2.54 bits per heavy atom. The summed E-state index contributed by atoms with van der Waals surface area (Å²) in [7, 11) is 0. The van der Waals surface area contributed by atoms with Gasteiger partial charge in [0.05, 0.1) is 18.7 Å². The second-order valence-corrected chi connectivity index (χ2v) is 7.97. The number of hydrogen-bond acceptors (Lipinski definition) is 4. The van der Waals surface area contributed by atoms with E-state index in [1.807, 2.05) is 36.6 Å². The van der Waals surface area contributed by atoms with Crippen LogP contribution in [0.4, 0.5) is 5.69 Å². The number of carbonyl (C=O) groups is 3. The molecule has 0 radical (unpaired) electrons. The van der Waals surface area contributed by atoms with E-state index in [0.29, 0.717) is 12.2 Å². The Balaban J connectivity index is 1.61. The van der Waals surface area contributed by atoms with Crippen LogP contribution >= 0.6 is 11.3 Å². The van der Waals surface area contributed by atoms with E-state index in [1.54, 1.807) is 28.4 Å². The van der Waals surface area contributed by atoms with Gasteiger partial charge in [-0.25, -0.2) is 4.90 Å². The summed E-state index contributed by atoms with van der Waals surface area (Å²) in [5.74, 6) is -0.547. The molecule has 1 aromatic heterocycles. The van der Waals surface area contributed by atoms with Gasteiger partial charge in [-0.05, 0) is 43.3 Å². The fourth-order valence-electron chi connectivity index (χ4n) is 3.30. The molecule has 1 saturated heterocycles. The average molecular weight is 368 g/mol. The fraction of sp³-hybridized carbons (Fsp3) is 0.350. The first-order valence-electron chi connectivity index (χ1n) is 8.81. The number of carbonyl (C=O) groups excluding carboxylic acids is 3. The van der Waals surface area contributed by atoms with Crippen molar-refractivity contribution in [3.8, 4) is 0 Å². The van der Waals surface area contributed by atoms with E-state index < -0.39 is 6.04 Å². The summed E-state index contributed by atoms with van der Waals surface area (Å²) in [6, 6.07) is 10.5. The summed E-state index contributed by atoms with van der Waals surface area (Å²) in [4.78, 5) is 42.3. The Labute approximate surface area is 156 Å². The topological polar surface area (TPSA) is 57.7 Å². The van der Waals surface area contributed by atoms with Crippen LogP contribution in [0.3, 0.4) is 0 Å². The van der Waals surface area contributed by atoms with Crippen LogP contribution in [0.25, 0.3) is 0 Å². The molecule has 0 N–H and O–H groups in total. The summed E-state index contributed by atoms with van der Waals surface area (Å²) < 4.78 is 0. The number of imide groups is 1. The Morgan fingerprint density at radius 1 is 1.19 bits per heavy atom. The molecule has 1 atom stereocenters. The highest BCUT2D eigenvalue weighted by Gasteiger charge is 2.46. The molecule has 1 unspecified atom stereocenters. The third-order valence-corrected chi connectivity index (χ3v) is 5.77. The van der Waals surface area contributed by atoms with Crippen molar-refractivity contribution in [2.75, 3.05) is 4.90 Å². The van der Waals surface area contributed by atoms with Crippen LogP contribution in [0.2, 0.25) is 0 Å². The summed E-state index contributed by atoms with van der Waals surface area (Å²) in [5, 5.41) is 1.95. The summed E-state index contributed by atoms with van der Waals surface area (Å²) in [5.41, 5.74) is 1.63. The van der Waals surface area contributed by atoms with E-state index in [0.717, 1.165) is 23.3 Å². The van der Waals surface area contributed by atoms with Gasteiger partial charge in [-0.1, -0.05) is 23.8 Å². The number of anilines is 1. The SMILES string of the molecule is Cc1ccc(N2C(=O)CC(N(Cc3cccs3)C(=O)C3CC3)C2=O)cc1. The van der Waals surface area contributed by atoms with Crippen LogP contribution in [0.15, 0.2) is 41.8 Å². The first-order valence-corrected chi connectivity index (χ1v) is 9.69. The largest absolute Gasteiger partial charge is 0.325 e. The van der Waals surface area contributed by atoms with Gasteiger partial charge in [0.15, 0.2) is 0 Å². The van der Waals surface area contributed by atoms with Crippen LogP contribution in [0.5, 0.6) is 0 Å². The Kier molecular flexibility index (Phi) is 4.36. The maximum atomic E-state index is 13.0. The van der Waals surface area contributed by atoms with Crippen molar-refractivity contribution in [1.82, 2.24) is 4.90 Å². The number of hydrogen-bond donors (Lipinski definition) is 0. The molecule has 6 heteroatoms. The van der Waals surface area contributed by atoms with E-state index >= 15 is 0 Å². The smallest absolute Gasteiger partial charge is 0.257 e. The second kappa shape index (κ2) is 6.68. The third-order valence-electron chi connectivity index (χ3n) is 4.91. The van der Waals surface area contributed by atoms with Gasteiger partial charge in [0.1, 0.15) is 6.04 Å². The molecule has 4 rings (SSSR count). The standard InChI is InChI=1S/C20H20N2O3S/c1-13-4-8-15(9-5-13)22-18(23)11-17(20(22)25)21(19(24)14-6-7-14)12-16-3-2-10-26-16/h2-5,8-10,14,17H,6-7,11-12H2,1H3. The van der Waals surface area contributed by atoms with Crippen LogP contribution in [0.1, 0.15) is 29.7 Å². The third kappa shape index (κ3) is 3.17. The second-order valence-electron chi connectivity index (χ2n) is 6.94. The zero-order valence-electron chi connectivity index (χ0n) is 14.6. The van der Waals surface area contributed by atoms with Crippen LogP contribution in [0, 0.1) is 12.8 Å². The molecule has 0 bridgehead atoms. The quantitative estimate of drug-likeness (QED) is 0.762. The average Bonchev–Trinajstić information content (AvgIpc) is 3.27. The van der Waals surface area contributed by atoms with Gasteiger partial charge in [0.25, 0.3) is 5.91 Å². The minimum absolute atomic E-state index is 0.00435. The monoisotopic (exact) mass is 368 g/mol. The zero-order chi connectivity index (χ0) is 18.3. The molecule has 1 aromatic carbocycles. The molecule has 2 aromatic rings. The molecule has 1 aliphatic heterocycles. The molecule has 1 aliphatic carbocycles. The minimum atomic E-state index is -0.709. The lowest BCUT2D eigenvalue weighted by Gasteiger charge is -2.27. The van der Waals surface area contributed by atoms with Crippen molar-refractivity contribution < 1.29 is 14.4 Å². The maximum absolute atomic E-state index is 13.0. The van der Waals surface area contributed by atoms with Crippen LogP contribution in [-0.2, 0) is 20.9 Å². The van der Waals surface area contributed by atoms with Crippen molar-refractivity contribution >= 4 is 34.7 Å². The zero-order valence-corrected chi connectivity index (χ0v) is 15.4. The van der Waals surface area contributed by atoms with Crippen molar-refractivity contribution in [2.45, 2.75) is 38.8 Å². The summed E-state index contributed by atoms with van der Waals surface area (Å²) >= 11 is 1.56. The molecule has 2 fully saturated rings. The highest BCUT2D eigenvalue weighted by atomic mass is 32.1. The van der Waals surface area contributed by atoms with Crippen molar-refractivity contribution in [3.63, 3.8) is 0 Å². The van der Waals surface area contributed by atoms with Crippen molar-refractivity contribution in [1.29, 1.82) is 0 Å². The first-order chi connectivity index (χ1) is 12.5. The summed E-state index contributed by atoms with van der Waals surface area (Å²) in [6.07, 6.45) is 1.79. The lowest BCUT2D eigenvalue weighted by atomic mass is 10.1. The molecule has 2 heterocycles. The van der Waals surface area contributed by atoms with Crippen molar-refractivity contribution in [3.05, 3.63) is 52.2 Å². The Morgan fingerprint density at radius 2 is 1.92 bits per heavy atom. The van der Waals surface area contributed by atoms with E-state index in [1.165, 1.54) is 4.90 Å². The lowest BCUT2D eigenvalue weighted by molar-refractivity contribution is -0.140. The van der Waals surface area contributed by atoms with Gasteiger partial charge in [-0.2, -0.15) is 0 Å². The van der Waals surface area contributed by atoms with Gasteiger partial charge in [0, 0.05) is 10.8 Å². The predicted octanol–water partition coefficient (Wildman–Crippen LogP) is 3.13. The van der Waals surface area contributed by atoms with Gasteiger partial charge < -0.3 is 4.90 Å². The minimum Gasteiger partial charge on any atom is -0.325 e. The molecular formula is C20H20N2O3S. The molecule has 3 amide bonds. The van der Waals surface area contributed by atoms with Crippen LogP contribution in [-0.4, -0.2) is 28.7 Å². The number of thiophene rings is 1. The molecule has 134 valence electrons. The number of amides is 3. The highest BCUT2D eigenvalue weighted by Crippen LogP contribution is 2.35. The predicted molar refractivity (Wildman–Crippen MR) is 99.7 cm³/mol.